The summed E-state index contributed by atoms with van der Waals surface area (Å²) < 4.78 is 24.2. The van der Waals surface area contributed by atoms with Crippen molar-refractivity contribution < 1.29 is 13.9 Å². The van der Waals surface area contributed by atoms with E-state index in [0.717, 1.165) is 23.1 Å². The summed E-state index contributed by atoms with van der Waals surface area (Å²) in [5.74, 6) is 6.18. The van der Waals surface area contributed by atoms with Crippen molar-refractivity contribution in [3.8, 4) is 23.0 Å². The number of hydrogen-bond donors (Lipinski definition) is 0. The first-order valence-electron chi connectivity index (χ1n) is 8.52. The molecule has 2 nitrogen and oxygen atoms in total. The van der Waals surface area contributed by atoms with E-state index < -0.39 is 6.29 Å². The Morgan fingerprint density at radius 3 is 2.20 bits per heavy atom. The van der Waals surface area contributed by atoms with Crippen molar-refractivity contribution in [1.82, 2.24) is 0 Å². The summed E-state index contributed by atoms with van der Waals surface area (Å²) in [4.78, 5) is 0. The van der Waals surface area contributed by atoms with Crippen LogP contribution in [0.2, 0.25) is 0 Å². The van der Waals surface area contributed by atoms with Gasteiger partial charge in [-0.2, -0.15) is 0 Å². The molecule has 1 aliphatic heterocycles. The lowest BCUT2D eigenvalue weighted by atomic mass is 10.0. The summed E-state index contributed by atoms with van der Waals surface area (Å²) in [5, 5.41) is 0. The van der Waals surface area contributed by atoms with E-state index >= 15 is 0 Å². The third kappa shape index (κ3) is 5.03. The minimum atomic E-state index is -0.469. The van der Waals surface area contributed by atoms with E-state index in [-0.39, 0.29) is 5.82 Å². The van der Waals surface area contributed by atoms with Crippen LogP contribution in [0.25, 0.3) is 11.1 Å². The minimum absolute atomic E-state index is 0.230. The molecular formula is C22H21FO2. The Morgan fingerprint density at radius 2 is 1.60 bits per heavy atom. The van der Waals surface area contributed by atoms with Crippen molar-refractivity contribution in [1.29, 1.82) is 0 Å². The molecule has 3 rings (SSSR count). The van der Waals surface area contributed by atoms with Gasteiger partial charge in [-0.1, -0.05) is 49.3 Å². The van der Waals surface area contributed by atoms with E-state index in [1.54, 1.807) is 12.1 Å². The molecule has 2 aromatic rings. The van der Waals surface area contributed by atoms with Gasteiger partial charge in [0.25, 0.3) is 0 Å². The number of halogens is 1. The molecule has 0 amide bonds. The standard InChI is InChI=1S/C22H21FO2/c1-2-3-4-18-15-24-22(25-16-18)14-7-17-5-8-19(9-6-17)20-10-12-21(23)13-11-20/h3-6,8-13,18,22H,2,15-16H2,1H3/t18-,22-. The van der Waals surface area contributed by atoms with Gasteiger partial charge in [0.1, 0.15) is 5.82 Å². The zero-order valence-electron chi connectivity index (χ0n) is 14.2. The average molecular weight is 336 g/mol. The van der Waals surface area contributed by atoms with Crippen molar-refractivity contribution in [2.45, 2.75) is 19.6 Å². The highest BCUT2D eigenvalue weighted by Gasteiger charge is 2.18. The van der Waals surface area contributed by atoms with Crippen LogP contribution in [0.15, 0.2) is 60.7 Å². The first-order valence-corrected chi connectivity index (χ1v) is 8.52. The summed E-state index contributed by atoms with van der Waals surface area (Å²) in [6.07, 6.45) is 4.82. The summed E-state index contributed by atoms with van der Waals surface area (Å²) >= 11 is 0. The van der Waals surface area contributed by atoms with E-state index in [0.29, 0.717) is 19.1 Å². The van der Waals surface area contributed by atoms with E-state index in [1.807, 2.05) is 24.3 Å². The fraction of sp³-hybridized carbons (Fsp3) is 0.273. The van der Waals surface area contributed by atoms with Gasteiger partial charge in [-0.15, -0.1) is 0 Å². The van der Waals surface area contributed by atoms with E-state index in [9.17, 15) is 4.39 Å². The molecule has 1 heterocycles. The van der Waals surface area contributed by atoms with Crippen LogP contribution in [0.4, 0.5) is 4.39 Å². The number of rotatable bonds is 3. The molecule has 3 heteroatoms. The minimum Gasteiger partial charge on any atom is -0.341 e. The van der Waals surface area contributed by atoms with Gasteiger partial charge in [0.15, 0.2) is 0 Å². The van der Waals surface area contributed by atoms with Gasteiger partial charge in [-0.3, -0.25) is 0 Å². The first kappa shape index (κ1) is 17.4. The number of hydrogen-bond acceptors (Lipinski definition) is 2. The number of ether oxygens (including phenoxy) is 2. The second kappa shape index (κ2) is 8.62. The van der Waals surface area contributed by atoms with E-state index in [2.05, 4.69) is 30.9 Å². The van der Waals surface area contributed by atoms with Gasteiger partial charge < -0.3 is 9.47 Å². The normalized spacial score (nSPS) is 20.2. The Hall–Kier alpha value is -2.41. The fourth-order valence-corrected chi connectivity index (χ4v) is 2.57. The van der Waals surface area contributed by atoms with Gasteiger partial charge in [-0.05, 0) is 47.7 Å². The highest BCUT2D eigenvalue weighted by molar-refractivity contribution is 5.64. The van der Waals surface area contributed by atoms with Crippen molar-refractivity contribution >= 4 is 0 Å². The molecule has 2 aromatic carbocycles. The van der Waals surface area contributed by atoms with Gasteiger partial charge in [0.2, 0.25) is 6.29 Å². The molecule has 128 valence electrons. The lowest BCUT2D eigenvalue weighted by Gasteiger charge is -2.24. The van der Waals surface area contributed by atoms with Crippen LogP contribution < -0.4 is 0 Å². The predicted octanol–water partition coefficient (Wildman–Crippen LogP) is 4.80. The SMILES string of the molecule is CCC=C[C@H]1CO[C@H](C#Cc2ccc(-c3ccc(F)cc3)cc2)OC1. The van der Waals surface area contributed by atoms with Gasteiger partial charge in [-0.25, -0.2) is 4.39 Å². The molecule has 0 aromatic heterocycles. The van der Waals surface area contributed by atoms with Crippen molar-refractivity contribution in [2.75, 3.05) is 13.2 Å². The van der Waals surface area contributed by atoms with Crippen LogP contribution >= 0.6 is 0 Å². The quantitative estimate of drug-likeness (QED) is 0.592. The van der Waals surface area contributed by atoms with Crippen LogP contribution in [0, 0.1) is 23.6 Å². The smallest absolute Gasteiger partial charge is 0.222 e. The van der Waals surface area contributed by atoms with Crippen LogP contribution in [0.3, 0.4) is 0 Å². The van der Waals surface area contributed by atoms with Crippen LogP contribution in [0.5, 0.6) is 0 Å². The molecule has 0 saturated carbocycles. The summed E-state index contributed by atoms with van der Waals surface area (Å²) in [6, 6.07) is 14.3. The molecule has 1 aliphatic rings. The second-order valence-corrected chi connectivity index (χ2v) is 5.95. The van der Waals surface area contributed by atoms with Crippen LogP contribution in [0.1, 0.15) is 18.9 Å². The third-order valence-electron chi connectivity index (χ3n) is 3.96. The Morgan fingerprint density at radius 1 is 1.00 bits per heavy atom. The molecule has 25 heavy (non-hydrogen) atoms. The molecule has 1 fully saturated rings. The lowest BCUT2D eigenvalue weighted by molar-refractivity contribution is -0.160. The Labute approximate surface area is 148 Å². The molecule has 0 spiro atoms. The predicted molar refractivity (Wildman–Crippen MR) is 97.3 cm³/mol. The Balaban J connectivity index is 1.58. The third-order valence-corrected chi connectivity index (χ3v) is 3.96. The maximum atomic E-state index is 13.0. The topological polar surface area (TPSA) is 18.5 Å². The molecule has 0 unspecified atom stereocenters. The second-order valence-electron chi connectivity index (χ2n) is 5.95. The summed E-state index contributed by atoms with van der Waals surface area (Å²) in [6.45, 7) is 3.38. The zero-order valence-corrected chi connectivity index (χ0v) is 14.2. The molecule has 0 bridgehead atoms. The fourth-order valence-electron chi connectivity index (χ4n) is 2.57. The van der Waals surface area contributed by atoms with Gasteiger partial charge in [0.05, 0.1) is 13.2 Å². The number of allylic oxidation sites excluding steroid dienone is 1. The van der Waals surface area contributed by atoms with Gasteiger partial charge >= 0.3 is 0 Å². The van der Waals surface area contributed by atoms with Crippen molar-refractivity contribution in [3.63, 3.8) is 0 Å². The largest absolute Gasteiger partial charge is 0.341 e. The molecule has 1 saturated heterocycles. The Kier molecular flexibility index (Phi) is 6.00. The monoisotopic (exact) mass is 336 g/mol. The van der Waals surface area contributed by atoms with E-state index in [4.69, 9.17) is 9.47 Å². The van der Waals surface area contributed by atoms with Crippen LogP contribution in [-0.2, 0) is 9.47 Å². The highest BCUT2D eigenvalue weighted by atomic mass is 19.1. The lowest BCUT2D eigenvalue weighted by Crippen LogP contribution is -2.30. The van der Waals surface area contributed by atoms with Crippen molar-refractivity contribution in [2.24, 2.45) is 5.92 Å². The van der Waals surface area contributed by atoms with E-state index in [1.165, 1.54) is 12.1 Å². The van der Waals surface area contributed by atoms with Crippen LogP contribution in [-0.4, -0.2) is 19.5 Å². The molecule has 0 N–H and O–H groups in total. The number of benzene rings is 2. The summed E-state index contributed by atoms with van der Waals surface area (Å²) in [7, 11) is 0. The maximum absolute atomic E-state index is 13.0. The van der Waals surface area contributed by atoms with Gasteiger partial charge in [0, 0.05) is 11.5 Å². The Bertz CT molecular complexity index is 758. The highest BCUT2D eigenvalue weighted by Crippen LogP contribution is 2.20. The molecule has 0 aliphatic carbocycles. The first-order chi connectivity index (χ1) is 12.2. The zero-order chi connectivity index (χ0) is 17.5. The average Bonchev–Trinajstić information content (AvgIpc) is 2.67. The summed E-state index contributed by atoms with van der Waals surface area (Å²) in [5.41, 5.74) is 2.90. The maximum Gasteiger partial charge on any atom is 0.222 e. The molecular weight excluding hydrogens is 315 g/mol. The van der Waals surface area contributed by atoms with Crippen molar-refractivity contribution in [3.05, 3.63) is 72.1 Å². The molecule has 0 atom stereocenters. The molecule has 0 radical (unpaired) electrons.